The molecule has 0 saturated carbocycles. The van der Waals surface area contributed by atoms with Crippen LogP contribution in [-0.4, -0.2) is 55.3 Å². The maximum absolute atomic E-state index is 12.1. The van der Waals surface area contributed by atoms with Crippen molar-refractivity contribution in [2.75, 3.05) is 37.7 Å². The van der Waals surface area contributed by atoms with Crippen LogP contribution in [0.3, 0.4) is 0 Å². The number of piperazine rings is 1. The van der Waals surface area contributed by atoms with Gasteiger partial charge in [-0.25, -0.2) is 4.79 Å². The highest BCUT2D eigenvalue weighted by Gasteiger charge is 2.25. The van der Waals surface area contributed by atoms with E-state index >= 15 is 0 Å². The van der Waals surface area contributed by atoms with Gasteiger partial charge in [-0.1, -0.05) is 12.1 Å². The maximum atomic E-state index is 12.1. The Labute approximate surface area is 149 Å². The Morgan fingerprint density at radius 2 is 1.64 bits per heavy atom. The second-order valence-electron chi connectivity index (χ2n) is 7.10. The second kappa shape index (κ2) is 8.23. The standard InChI is InChI=1S/C19H28N2O4/c1-5-24-17(22)14-15-6-8-16(9-7-15)20-10-12-21(13-11-20)18(23)25-19(2,3)4/h6-9H,5,10-14H2,1-4H3. The fraction of sp³-hybridized carbons (Fsp3) is 0.579. The summed E-state index contributed by atoms with van der Waals surface area (Å²) in [7, 11) is 0. The number of carbonyl (C=O) groups is 2. The number of nitrogens with zero attached hydrogens (tertiary/aromatic N) is 2. The molecule has 1 aromatic rings. The van der Waals surface area contributed by atoms with Crippen LogP contribution in [0.2, 0.25) is 0 Å². The lowest BCUT2D eigenvalue weighted by Crippen LogP contribution is -2.50. The lowest BCUT2D eigenvalue weighted by atomic mass is 10.1. The van der Waals surface area contributed by atoms with Crippen LogP contribution in [0, 0.1) is 0 Å². The van der Waals surface area contributed by atoms with Gasteiger partial charge in [0.1, 0.15) is 5.60 Å². The molecule has 0 spiro atoms. The Hall–Kier alpha value is -2.24. The van der Waals surface area contributed by atoms with Gasteiger partial charge in [0.15, 0.2) is 0 Å². The summed E-state index contributed by atoms with van der Waals surface area (Å²) in [4.78, 5) is 27.6. The summed E-state index contributed by atoms with van der Waals surface area (Å²) in [6, 6.07) is 7.92. The van der Waals surface area contributed by atoms with E-state index in [2.05, 4.69) is 4.90 Å². The van der Waals surface area contributed by atoms with Crippen LogP contribution in [0.25, 0.3) is 0 Å². The molecule has 25 heavy (non-hydrogen) atoms. The number of carbonyl (C=O) groups excluding carboxylic acids is 2. The van der Waals surface area contributed by atoms with Gasteiger partial charge >= 0.3 is 12.1 Å². The summed E-state index contributed by atoms with van der Waals surface area (Å²) < 4.78 is 10.4. The molecule has 1 heterocycles. The number of hydrogen-bond donors (Lipinski definition) is 0. The molecule has 1 saturated heterocycles. The largest absolute Gasteiger partial charge is 0.466 e. The number of ether oxygens (including phenoxy) is 2. The van der Waals surface area contributed by atoms with Gasteiger partial charge in [-0.2, -0.15) is 0 Å². The van der Waals surface area contributed by atoms with E-state index in [9.17, 15) is 9.59 Å². The van der Waals surface area contributed by atoms with E-state index in [0.29, 0.717) is 26.1 Å². The number of amides is 1. The first-order chi connectivity index (χ1) is 11.8. The first-order valence-electron chi connectivity index (χ1n) is 8.76. The third-order valence-electron chi connectivity index (χ3n) is 3.89. The Morgan fingerprint density at radius 1 is 1.04 bits per heavy atom. The second-order valence-corrected chi connectivity index (χ2v) is 7.10. The van der Waals surface area contributed by atoms with Crippen molar-refractivity contribution in [3.63, 3.8) is 0 Å². The summed E-state index contributed by atoms with van der Waals surface area (Å²) in [6.07, 6.45) is 0.0394. The topological polar surface area (TPSA) is 59.1 Å². The molecular formula is C19H28N2O4. The van der Waals surface area contributed by atoms with E-state index in [1.165, 1.54) is 0 Å². The summed E-state index contributed by atoms with van der Waals surface area (Å²) in [5.41, 5.74) is 1.56. The van der Waals surface area contributed by atoms with Crippen LogP contribution >= 0.6 is 0 Å². The van der Waals surface area contributed by atoms with Crippen molar-refractivity contribution in [1.29, 1.82) is 0 Å². The lowest BCUT2D eigenvalue weighted by Gasteiger charge is -2.36. The van der Waals surface area contributed by atoms with Crippen LogP contribution in [0.15, 0.2) is 24.3 Å². The van der Waals surface area contributed by atoms with Crippen molar-refractivity contribution < 1.29 is 19.1 Å². The number of esters is 1. The zero-order chi connectivity index (χ0) is 18.4. The molecule has 1 aliphatic rings. The monoisotopic (exact) mass is 348 g/mol. The summed E-state index contributed by atoms with van der Waals surface area (Å²) >= 11 is 0. The van der Waals surface area contributed by atoms with Gasteiger partial charge in [0.2, 0.25) is 0 Å². The number of hydrogen-bond acceptors (Lipinski definition) is 5. The van der Waals surface area contributed by atoms with Crippen molar-refractivity contribution in [2.24, 2.45) is 0 Å². The van der Waals surface area contributed by atoms with Gasteiger partial charge in [0, 0.05) is 31.9 Å². The summed E-state index contributed by atoms with van der Waals surface area (Å²) in [5.74, 6) is -0.207. The van der Waals surface area contributed by atoms with Gasteiger partial charge < -0.3 is 19.3 Å². The van der Waals surface area contributed by atoms with Gasteiger partial charge in [0.25, 0.3) is 0 Å². The smallest absolute Gasteiger partial charge is 0.410 e. The zero-order valence-corrected chi connectivity index (χ0v) is 15.6. The minimum Gasteiger partial charge on any atom is -0.466 e. The molecule has 0 N–H and O–H groups in total. The quantitative estimate of drug-likeness (QED) is 0.783. The fourth-order valence-corrected chi connectivity index (χ4v) is 2.68. The van der Waals surface area contributed by atoms with E-state index in [-0.39, 0.29) is 12.1 Å². The Kier molecular flexibility index (Phi) is 6.28. The predicted molar refractivity (Wildman–Crippen MR) is 96.8 cm³/mol. The molecule has 2 rings (SSSR count). The molecule has 0 radical (unpaired) electrons. The van der Waals surface area contributed by atoms with E-state index < -0.39 is 5.60 Å². The number of anilines is 1. The predicted octanol–water partition coefficient (Wildman–Crippen LogP) is 2.85. The first-order valence-corrected chi connectivity index (χ1v) is 8.76. The van der Waals surface area contributed by atoms with Crippen molar-refractivity contribution in [1.82, 2.24) is 4.90 Å². The van der Waals surface area contributed by atoms with Crippen LogP contribution in [0.4, 0.5) is 10.5 Å². The van der Waals surface area contributed by atoms with E-state index in [1.807, 2.05) is 45.0 Å². The fourth-order valence-electron chi connectivity index (χ4n) is 2.68. The van der Waals surface area contributed by atoms with Gasteiger partial charge in [-0.3, -0.25) is 4.79 Å². The molecule has 6 heteroatoms. The molecule has 0 aliphatic carbocycles. The molecular weight excluding hydrogens is 320 g/mol. The third-order valence-corrected chi connectivity index (χ3v) is 3.89. The first kappa shape index (κ1) is 19.1. The van der Waals surface area contributed by atoms with Gasteiger partial charge in [-0.15, -0.1) is 0 Å². The molecule has 1 aromatic carbocycles. The molecule has 1 aliphatic heterocycles. The Morgan fingerprint density at radius 3 is 2.16 bits per heavy atom. The molecule has 0 atom stereocenters. The highest BCUT2D eigenvalue weighted by Crippen LogP contribution is 2.19. The van der Waals surface area contributed by atoms with E-state index in [4.69, 9.17) is 9.47 Å². The average Bonchev–Trinajstić information content (AvgIpc) is 2.54. The third kappa shape index (κ3) is 5.96. The molecule has 1 fully saturated rings. The molecule has 138 valence electrons. The summed E-state index contributed by atoms with van der Waals surface area (Å²) in [5, 5.41) is 0. The SMILES string of the molecule is CCOC(=O)Cc1ccc(N2CCN(C(=O)OC(C)(C)C)CC2)cc1. The Balaban J connectivity index is 1.86. The lowest BCUT2D eigenvalue weighted by molar-refractivity contribution is -0.142. The molecule has 0 unspecified atom stereocenters. The molecule has 1 amide bonds. The van der Waals surface area contributed by atoms with Crippen molar-refractivity contribution >= 4 is 17.7 Å². The maximum Gasteiger partial charge on any atom is 0.410 e. The van der Waals surface area contributed by atoms with Crippen LogP contribution in [0.5, 0.6) is 0 Å². The van der Waals surface area contributed by atoms with Crippen molar-refractivity contribution in [3.8, 4) is 0 Å². The van der Waals surface area contributed by atoms with Crippen LogP contribution in [0.1, 0.15) is 33.3 Å². The zero-order valence-electron chi connectivity index (χ0n) is 15.6. The minimum absolute atomic E-state index is 0.207. The van der Waals surface area contributed by atoms with Crippen LogP contribution in [-0.2, 0) is 20.7 Å². The average molecular weight is 348 g/mol. The summed E-state index contributed by atoms with van der Waals surface area (Å²) in [6.45, 7) is 10.6. The Bertz CT molecular complexity index is 584. The molecule has 0 aromatic heterocycles. The highest BCUT2D eigenvalue weighted by molar-refractivity contribution is 5.73. The van der Waals surface area contributed by atoms with Crippen molar-refractivity contribution in [2.45, 2.75) is 39.7 Å². The van der Waals surface area contributed by atoms with Crippen molar-refractivity contribution in [3.05, 3.63) is 29.8 Å². The van der Waals surface area contributed by atoms with E-state index in [1.54, 1.807) is 11.8 Å². The minimum atomic E-state index is -0.469. The number of benzene rings is 1. The number of rotatable bonds is 4. The highest BCUT2D eigenvalue weighted by atomic mass is 16.6. The molecule has 6 nitrogen and oxygen atoms in total. The van der Waals surface area contributed by atoms with Gasteiger partial charge in [-0.05, 0) is 45.4 Å². The van der Waals surface area contributed by atoms with Gasteiger partial charge in [0.05, 0.1) is 13.0 Å². The molecule has 0 bridgehead atoms. The van der Waals surface area contributed by atoms with E-state index in [0.717, 1.165) is 24.3 Å². The normalized spacial score (nSPS) is 15.0. The van der Waals surface area contributed by atoms with Crippen LogP contribution < -0.4 is 4.90 Å².